The highest BCUT2D eigenvalue weighted by atomic mass is 35.5. The maximum Gasteiger partial charge on any atom is 0.357 e. The lowest BCUT2D eigenvalue weighted by molar-refractivity contribution is 0.0595. The maximum atomic E-state index is 13.0. The van der Waals surface area contributed by atoms with Crippen LogP contribution in [0.2, 0.25) is 5.02 Å². The Labute approximate surface area is 118 Å². The molecule has 19 heavy (non-hydrogen) atoms. The van der Waals surface area contributed by atoms with Gasteiger partial charge in [0.1, 0.15) is 5.82 Å². The van der Waals surface area contributed by atoms with E-state index in [0.717, 1.165) is 5.56 Å². The van der Waals surface area contributed by atoms with Crippen molar-refractivity contribution >= 4 is 34.0 Å². The van der Waals surface area contributed by atoms with E-state index in [9.17, 15) is 9.18 Å². The molecule has 1 aromatic carbocycles. The third kappa shape index (κ3) is 3.42. The van der Waals surface area contributed by atoms with Crippen molar-refractivity contribution in [1.29, 1.82) is 0 Å². The minimum absolute atomic E-state index is 0.0775. The van der Waals surface area contributed by atoms with Crippen molar-refractivity contribution in [3.05, 3.63) is 45.7 Å². The second kappa shape index (κ2) is 5.99. The number of hydrogen-bond acceptors (Lipinski definition) is 5. The molecule has 0 radical (unpaired) electrons. The molecule has 1 N–H and O–H groups in total. The van der Waals surface area contributed by atoms with Gasteiger partial charge in [-0.15, -0.1) is 11.3 Å². The first-order valence-electron chi connectivity index (χ1n) is 5.32. The molecule has 0 amide bonds. The molecule has 0 saturated carbocycles. The summed E-state index contributed by atoms with van der Waals surface area (Å²) in [6.07, 6.45) is 0. The van der Waals surface area contributed by atoms with Gasteiger partial charge in [0, 0.05) is 11.9 Å². The molecule has 0 fully saturated rings. The van der Waals surface area contributed by atoms with E-state index < -0.39 is 11.8 Å². The van der Waals surface area contributed by atoms with Gasteiger partial charge in [-0.1, -0.05) is 17.7 Å². The number of methoxy groups -OCH3 is 1. The number of halogens is 2. The average molecular weight is 301 g/mol. The van der Waals surface area contributed by atoms with Gasteiger partial charge in [0.05, 0.1) is 12.1 Å². The van der Waals surface area contributed by atoms with Crippen LogP contribution in [-0.2, 0) is 11.3 Å². The van der Waals surface area contributed by atoms with Crippen molar-refractivity contribution in [3.63, 3.8) is 0 Å². The second-order valence-electron chi connectivity index (χ2n) is 3.63. The lowest BCUT2D eigenvalue weighted by atomic mass is 10.2. The van der Waals surface area contributed by atoms with Crippen LogP contribution in [0.5, 0.6) is 0 Å². The van der Waals surface area contributed by atoms with E-state index in [1.54, 1.807) is 17.5 Å². The number of carbonyl (C=O) groups is 1. The molecular weight excluding hydrogens is 291 g/mol. The average Bonchev–Trinajstić information content (AvgIpc) is 2.88. The molecule has 0 unspecified atom stereocenters. The summed E-state index contributed by atoms with van der Waals surface area (Å²) in [6.45, 7) is 0.439. The van der Waals surface area contributed by atoms with E-state index in [4.69, 9.17) is 11.6 Å². The Morgan fingerprint density at radius 1 is 1.58 bits per heavy atom. The Morgan fingerprint density at radius 3 is 3.05 bits per heavy atom. The van der Waals surface area contributed by atoms with Gasteiger partial charge < -0.3 is 10.1 Å². The SMILES string of the molecule is COC(=O)c1csc(NCc2ccc(F)c(Cl)c2)n1. The first-order chi connectivity index (χ1) is 9.10. The zero-order valence-corrected chi connectivity index (χ0v) is 11.5. The van der Waals surface area contributed by atoms with E-state index in [-0.39, 0.29) is 10.7 Å². The molecule has 0 aliphatic heterocycles. The van der Waals surface area contributed by atoms with E-state index >= 15 is 0 Å². The number of rotatable bonds is 4. The number of thiazole rings is 1. The molecule has 0 aliphatic rings. The van der Waals surface area contributed by atoms with Gasteiger partial charge in [-0.05, 0) is 17.7 Å². The number of hydrogen-bond donors (Lipinski definition) is 1. The summed E-state index contributed by atoms with van der Waals surface area (Å²) in [4.78, 5) is 15.3. The lowest BCUT2D eigenvalue weighted by Gasteiger charge is -2.03. The van der Waals surface area contributed by atoms with Gasteiger partial charge in [0.15, 0.2) is 10.8 Å². The van der Waals surface area contributed by atoms with Crippen LogP contribution >= 0.6 is 22.9 Å². The Hall–Kier alpha value is -1.66. The fraction of sp³-hybridized carbons (Fsp3) is 0.167. The highest BCUT2D eigenvalue weighted by Gasteiger charge is 2.10. The van der Waals surface area contributed by atoms with Gasteiger partial charge >= 0.3 is 5.97 Å². The molecule has 0 aliphatic carbocycles. The van der Waals surface area contributed by atoms with Crippen molar-refractivity contribution in [1.82, 2.24) is 4.98 Å². The minimum atomic E-state index is -0.478. The molecule has 2 rings (SSSR count). The van der Waals surface area contributed by atoms with Crippen LogP contribution in [0, 0.1) is 5.82 Å². The smallest absolute Gasteiger partial charge is 0.357 e. The quantitative estimate of drug-likeness (QED) is 0.880. The van der Waals surface area contributed by atoms with Crippen LogP contribution in [0.1, 0.15) is 16.1 Å². The third-order valence-corrected chi connectivity index (χ3v) is 3.42. The van der Waals surface area contributed by atoms with Crippen LogP contribution in [-0.4, -0.2) is 18.1 Å². The van der Waals surface area contributed by atoms with Crippen LogP contribution < -0.4 is 5.32 Å². The first-order valence-corrected chi connectivity index (χ1v) is 6.57. The Bertz CT molecular complexity index is 603. The van der Waals surface area contributed by atoms with Crippen molar-refractivity contribution in [3.8, 4) is 0 Å². The zero-order valence-electron chi connectivity index (χ0n) is 9.94. The van der Waals surface area contributed by atoms with Gasteiger partial charge in [-0.2, -0.15) is 0 Å². The molecule has 0 saturated heterocycles. The zero-order chi connectivity index (χ0) is 13.8. The molecular formula is C12H10ClFN2O2S. The summed E-state index contributed by atoms with van der Waals surface area (Å²) < 4.78 is 17.5. The summed E-state index contributed by atoms with van der Waals surface area (Å²) in [7, 11) is 1.30. The number of ether oxygens (including phenoxy) is 1. The topological polar surface area (TPSA) is 51.2 Å². The number of esters is 1. The number of nitrogens with one attached hydrogen (secondary N) is 1. The van der Waals surface area contributed by atoms with Gasteiger partial charge in [-0.25, -0.2) is 14.2 Å². The summed E-state index contributed by atoms with van der Waals surface area (Å²) in [6, 6.07) is 4.48. The number of nitrogens with zero attached hydrogens (tertiary/aromatic N) is 1. The molecule has 1 heterocycles. The fourth-order valence-corrected chi connectivity index (χ4v) is 2.26. The minimum Gasteiger partial charge on any atom is -0.464 e. The fourth-order valence-electron chi connectivity index (χ4n) is 1.38. The molecule has 0 atom stereocenters. The van der Waals surface area contributed by atoms with E-state index in [0.29, 0.717) is 11.7 Å². The lowest BCUT2D eigenvalue weighted by Crippen LogP contribution is -2.03. The van der Waals surface area contributed by atoms with Crippen LogP contribution in [0.3, 0.4) is 0 Å². The summed E-state index contributed by atoms with van der Waals surface area (Å²) in [5.41, 5.74) is 1.08. The molecule has 4 nitrogen and oxygen atoms in total. The predicted molar refractivity (Wildman–Crippen MR) is 72.2 cm³/mol. The van der Waals surface area contributed by atoms with Gasteiger partial charge in [0.25, 0.3) is 0 Å². The molecule has 7 heteroatoms. The maximum absolute atomic E-state index is 13.0. The molecule has 0 spiro atoms. The normalized spacial score (nSPS) is 10.3. The number of carbonyl (C=O) groups excluding carboxylic acids is 1. The Balaban J connectivity index is 2.00. The van der Waals surface area contributed by atoms with E-state index in [2.05, 4.69) is 15.0 Å². The monoisotopic (exact) mass is 300 g/mol. The molecule has 1 aromatic heterocycles. The van der Waals surface area contributed by atoms with Crippen molar-refractivity contribution in [2.75, 3.05) is 12.4 Å². The standard InChI is InChI=1S/C12H10ClFN2O2S/c1-18-11(17)10-6-19-12(16-10)15-5-7-2-3-9(14)8(13)4-7/h2-4,6H,5H2,1H3,(H,15,16). The van der Waals surface area contributed by atoms with E-state index in [1.165, 1.54) is 24.5 Å². The molecule has 0 bridgehead atoms. The largest absolute Gasteiger partial charge is 0.464 e. The van der Waals surface area contributed by atoms with Gasteiger partial charge in [0.2, 0.25) is 0 Å². The van der Waals surface area contributed by atoms with Crippen LogP contribution in [0.4, 0.5) is 9.52 Å². The van der Waals surface area contributed by atoms with Crippen molar-refractivity contribution in [2.45, 2.75) is 6.54 Å². The van der Waals surface area contributed by atoms with E-state index in [1.807, 2.05) is 0 Å². The number of anilines is 1. The summed E-state index contributed by atoms with van der Waals surface area (Å²) >= 11 is 6.97. The second-order valence-corrected chi connectivity index (χ2v) is 4.90. The van der Waals surface area contributed by atoms with Crippen LogP contribution in [0.15, 0.2) is 23.6 Å². The molecule has 2 aromatic rings. The first kappa shape index (κ1) is 13.8. The third-order valence-electron chi connectivity index (χ3n) is 2.33. The molecule has 100 valence electrons. The number of aromatic nitrogens is 1. The Morgan fingerprint density at radius 2 is 2.37 bits per heavy atom. The predicted octanol–water partition coefficient (Wildman–Crippen LogP) is 3.33. The van der Waals surface area contributed by atoms with Crippen molar-refractivity contribution in [2.24, 2.45) is 0 Å². The van der Waals surface area contributed by atoms with Gasteiger partial charge in [-0.3, -0.25) is 0 Å². The highest BCUT2D eigenvalue weighted by Crippen LogP contribution is 2.19. The summed E-state index contributed by atoms with van der Waals surface area (Å²) in [5.74, 6) is -0.929. The summed E-state index contributed by atoms with van der Waals surface area (Å²) in [5, 5.41) is 5.29. The number of benzene rings is 1. The van der Waals surface area contributed by atoms with Crippen molar-refractivity contribution < 1.29 is 13.9 Å². The highest BCUT2D eigenvalue weighted by molar-refractivity contribution is 7.13. The Kier molecular flexibility index (Phi) is 4.34. The van der Waals surface area contributed by atoms with Crippen LogP contribution in [0.25, 0.3) is 0 Å².